The van der Waals surface area contributed by atoms with Crippen LogP contribution in [0.2, 0.25) is 13.1 Å². The molecule has 4 rings (SSSR count). The molecule has 2 aliphatic rings. The van der Waals surface area contributed by atoms with E-state index in [-0.39, 0.29) is 5.41 Å². The second-order valence-electron chi connectivity index (χ2n) is 10.2. The zero-order valence-corrected chi connectivity index (χ0v) is 23.1. The lowest BCUT2D eigenvalue weighted by molar-refractivity contribution is 0.351. The molecular weight excluding hydrogens is 449 g/mol. The predicted molar refractivity (Wildman–Crippen MR) is 145 cm³/mol. The van der Waals surface area contributed by atoms with Crippen LogP contribution in [0.5, 0.6) is 11.5 Å². The van der Waals surface area contributed by atoms with Crippen LogP contribution in [0.4, 0.5) is 0 Å². The molecular formula is C27H34O2S2Si. The SMILES string of the molecule is C=CCOc1c(C(C)(C)C)cc(OC)cc1[Si](C)(C)C1=c2sc(C)cc2=C2C=C(C)SC21. The Hall–Kier alpha value is -1.69. The Labute approximate surface area is 201 Å². The zero-order chi connectivity index (χ0) is 23.4. The molecule has 0 saturated carbocycles. The van der Waals surface area contributed by atoms with Crippen LogP contribution >= 0.6 is 23.1 Å². The van der Waals surface area contributed by atoms with Crippen molar-refractivity contribution in [2.75, 3.05) is 13.7 Å². The number of thioether (sulfide) groups is 1. The quantitative estimate of drug-likeness (QED) is 0.405. The van der Waals surface area contributed by atoms with Gasteiger partial charge in [0.1, 0.15) is 26.2 Å². The van der Waals surface area contributed by atoms with Crippen LogP contribution in [0.15, 0.2) is 41.8 Å². The van der Waals surface area contributed by atoms with Crippen LogP contribution in [0.3, 0.4) is 0 Å². The van der Waals surface area contributed by atoms with Gasteiger partial charge in [-0.05, 0) is 69.6 Å². The molecule has 2 heterocycles. The highest BCUT2D eigenvalue weighted by Gasteiger charge is 2.43. The highest BCUT2D eigenvalue weighted by molar-refractivity contribution is 8.05. The maximum atomic E-state index is 6.44. The van der Waals surface area contributed by atoms with E-state index in [1.165, 1.54) is 35.9 Å². The summed E-state index contributed by atoms with van der Waals surface area (Å²) in [7, 11) is -0.376. The number of fused-ring (bicyclic) bond motifs is 2. The second-order valence-corrected chi connectivity index (χ2v) is 17.2. The van der Waals surface area contributed by atoms with Crippen LogP contribution in [-0.4, -0.2) is 27.0 Å². The lowest BCUT2D eigenvalue weighted by atomic mass is 9.86. The number of aryl methyl sites for hydroxylation is 1. The van der Waals surface area contributed by atoms with Crippen molar-refractivity contribution in [2.24, 2.45) is 0 Å². The van der Waals surface area contributed by atoms with Gasteiger partial charge in [0.2, 0.25) is 0 Å². The van der Waals surface area contributed by atoms with E-state index in [1.807, 2.05) is 29.2 Å². The van der Waals surface area contributed by atoms with E-state index in [2.05, 4.69) is 78.6 Å². The largest absolute Gasteiger partial charge is 0.497 e. The first-order valence-electron chi connectivity index (χ1n) is 11.2. The number of methoxy groups -OCH3 is 1. The Balaban J connectivity index is 2.02. The molecule has 0 amide bonds. The molecule has 0 fully saturated rings. The smallest absolute Gasteiger partial charge is 0.123 e. The average molecular weight is 483 g/mol. The van der Waals surface area contributed by atoms with Crippen LogP contribution < -0.4 is 24.4 Å². The first-order chi connectivity index (χ1) is 15.0. The number of hydrogen-bond acceptors (Lipinski definition) is 4. The van der Waals surface area contributed by atoms with Crippen LogP contribution in [0.25, 0.3) is 10.8 Å². The van der Waals surface area contributed by atoms with E-state index in [0.29, 0.717) is 11.9 Å². The first-order valence-corrected chi connectivity index (χ1v) is 15.9. The molecule has 1 aromatic heterocycles. The fourth-order valence-electron chi connectivity index (χ4n) is 4.86. The lowest BCUT2D eigenvalue weighted by Gasteiger charge is -2.34. The predicted octanol–water partition coefficient (Wildman–Crippen LogP) is 5.42. The number of benzene rings is 1. The highest BCUT2D eigenvalue weighted by Crippen LogP contribution is 2.46. The molecule has 2 nitrogen and oxygen atoms in total. The Morgan fingerprint density at radius 2 is 1.88 bits per heavy atom. The van der Waals surface area contributed by atoms with E-state index >= 15 is 0 Å². The fourth-order valence-corrected chi connectivity index (χ4v) is 12.1. The van der Waals surface area contributed by atoms with E-state index in [0.717, 1.165) is 11.5 Å². The van der Waals surface area contributed by atoms with Crippen molar-refractivity contribution in [3.05, 3.63) is 62.0 Å². The molecule has 1 aliphatic carbocycles. The van der Waals surface area contributed by atoms with Crippen molar-refractivity contribution >= 4 is 47.1 Å². The van der Waals surface area contributed by atoms with Crippen molar-refractivity contribution in [3.63, 3.8) is 0 Å². The number of hydrogen-bond donors (Lipinski definition) is 0. The van der Waals surface area contributed by atoms with Crippen molar-refractivity contribution in [1.29, 1.82) is 0 Å². The molecule has 0 radical (unpaired) electrons. The fraction of sp³-hybridized carbons (Fsp3) is 0.407. The average Bonchev–Trinajstić information content (AvgIpc) is 3.33. The molecule has 0 bridgehead atoms. The third-order valence-corrected chi connectivity index (χ3v) is 12.7. The number of allylic oxidation sites excluding steroid dienone is 2. The first kappa shape index (κ1) is 23.5. The van der Waals surface area contributed by atoms with Crippen molar-refractivity contribution in [3.8, 4) is 11.5 Å². The van der Waals surface area contributed by atoms with Gasteiger partial charge in [0, 0.05) is 15.0 Å². The van der Waals surface area contributed by atoms with Gasteiger partial charge in [0.05, 0.1) is 12.4 Å². The normalized spacial score (nSPS) is 17.9. The van der Waals surface area contributed by atoms with E-state index in [4.69, 9.17) is 9.47 Å². The molecule has 170 valence electrons. The summed E-state index contributed by atoms with van der Waals surface area (Å²) >= 11 is 3.97. The van der Waals surface area contributed by atoms with Gasteiger partial charge in [0.25, 0.3) is 0 Å². The molecule has 0 saturated heterocycles. The van der Waals surface area contributed by atoms with Gasteiger partial charge < -0.3 is 9.47 Å². The van der Waals surface area contributed by atoms with Gasteiger partial charge in [-0.3, -0.25) is 0 Å². The standard InChI is InChI=1S/C27H34O2S2Si/c1-10-11-29-23-21(27(4,5)6)14-18(28-7)15-22(23)32(8,9)26-24-19(12-16(2)30-24)20-13-17(3)31-25(20)26/h10,12-15,24H,1,11H2,2-9H3. The maximum Gasteiger partial charge on any atom is 0.123 e. The van der Waals surface area contributed by atoms with Gasteiger partial charge >= 0.3 is 0 Å². The van der Waals surface area contributed by atoms with Gasteiger partial charge in [0.15, 0.2) is 0 Å². The molecule has 0 spiro atoms. The second kappa shape index (κ2) is 8.26. The summed E-state index contributed by atoms with van der Waals surface area (Å²) in [5, 5.41) is 4.82. The minimum absolute atomic E-state index is 0.0627. The molecule has 1 aliphatic heterocycles. The Bertz CT molecular complexity index is 1240. The van der Waals surface area contributed by atoms with E-state index in [1.54, 1.807) is 12.3 Å². The van der Waals surface area contributed by atoms with Gasteiger partial charge in [-0.15, -0.1) is 23.1 Å². The van der Waals surface area contributed by atoms with Crippen LogP contribution in [0, 0.1) is 6.92 Å². The van der Waals surface area contributed by atoms with Gasteiger partial charge in [-0.25, -0.2) is 0 Å². The topological polar surface area (TPSA) is 18.5 Å². The summed E-state index contributed by atoms with van der Waals surface area (Å²) in [6.07, 6.45) is 4.24. The van der Waals surface area contributed by atoms with Crippen molar-refractivity contribution in [1.82, 2.24) is 0 Å². The summed E-state index contributed by atoms with van der Waals surface area (Å²) < 4.78 is 13.7. The van der Waals surface area contributed by atoms with Gasteiger partial charge in [-0.2, -0.15) is 0 Å². The number of rotatable bonds is 6. The van der Waals surface area contributed by atoms with Crippen LogP contribution in [-0.2, 0) is 5.41 Å². The minimum Gasteiger partial charge on any atom is -0.497 e. The van der Waals surface area contributed by atoms with Crippen LogP contribution in [0.1, 0.15) is 38.1 Å². The zero-order valence-electron chi connectivity index (χ0n) is 20.5. The van der Waals surface area contributed by atoms with Gasteiger partial charge in [-0.1, -0.05) is 46.5 Å². The Kier molecular flexibility index (Phi) is 6.06. The Morgan fingerprint density at radius 1 is 1.16 bits per heavy atom. The summed E-state index contributed by atoms with van der Waals surface area (Å²) in [5.74, 6) is 1.94. The molecule has 1 aromatic carbocycles. The lowest BCUT2D eigenvalue weighted by Crippen LogP contribution is -2.48. The molecule has 32 heavy (non-hydrogen) atoms. The molecule has 1 unspecified atom stereocenters. The summed E-state index contributed by atoms with van der Waals surface area (Å²) in [6, 6.07) is 6.78. The monoisotopic (exact) mass is 482 g/mol. The summed E-state index contributed by atoms with van der Waals surface area (Å²) in [5.41, 5.74) is 2.63. The molecule has 2 aromatic rings. The number of thiophene rings is 1. The maximum absolute atomic E-state index is 6.44. The van der Waals surface area contributed by atoms with Crippen molar-refractivity contribution in [2.45, 2.75) is 58.4 Å². The molecule has 0 N–H and O–H groups in total. The minimum atomic E-state index is -2.14. The summed E-state index contributed by atoms with van der Waals surface area (Å²) in [4.78, 5) is 2.79. The summed E-state index contributed by atoms with van der Waals surface area (Å²) in [6.45, 7) is 20.6. The van der Waals surface area contributed by atoms with E-state index in [9.17, 15) is 0 Å². The molecule has 1 atom stereocenters. The third-order valence-electron chi connectivity index (χ3n) is 6.42. The van der Waals surface area contributed by atoms with E-state index < -0.39 is 8.07 Å². The highest BCUT2D eigenvalue weighted by atomic mass is 32.2. The number of ether oxygens (including phenoxy) is 2. The van der Waals surface area contributed by atoms with Crippen molar-refractivity contribution < 1.29 is 9.47 Å². The third kappa shape index (κ3) is 3.82. The Morgan fingerprint density at radius 3 is 2.50 bits per heavy atom. The molecule has 5 heteroatoms.